The molecule has 1 saturated heterocycles. The molecule has 1 unspecified atom stereocenters. The predicted octanol–water partition coefficient (Wildman–Crippen LogP) is 0.839. The summed E-state index contributed by atoms with van der Waals surface area (Å²) in [6.07, 6.45) is 0.365. The fraction of sp³-hybridized carbons (Fsp3) is 0.462. The van der Waals surface area contributed by atoms with Gasteiger partial charge in [0.25, 0.3) is 0 Å². The number of hydrogen-bond acceptors (Lipinski definition) is 4. The SMILES string of the molecule is Cc1ccc(C(=O)O)cc1S(=O)(=O)N1CCC(C)(O)C1. The average molecular weight is 299 g/mol. The minimum Gasteiger partial charge on any atom is -0.478 e. The lowest BCUT2D eigenvalue weighted by molar-refractivity contribution is 0.0695. The number of nitrogens with zero attached hydrogens (tertiary/aromatic N) is 1. The summed E-state index contributed by atoms with van der Waals surface area (Å²) < 4.78 is 26.3. The van der Waals surface area contributed by atoms with E-state index in [1.54, 1.807) is 13.8 Å². The Morgan fingerprint density at radius 3 is 2.55 bits per heavy atom. The van der Waals surface area contributed by atoms with Crippen LogP contribution in [-0.4, -0.2) is 47.6 Å². The number of aromatic carboxylic acids is 1. The molecule has 1 aromatic rings. The summed E-state index contributed by atoms with van der Waals surface area (Å²) in [6, 6.07) is 4.02. The van der Waals surface area contributed by atoms with Gasteiger partial charge >= 0.3 is 5.97 Å². The molecule has 1 fully saturated rings. The summed E-state index contributed by atoms with van der Waals surface area (Å²) in [5.41, 5.74) is -0.618. The number of carbonyl (C=O) groups is 1. The van der Waals surface area contributed by atoms with Crippen molar-refractivity contribution in [3.8, 4) is 0 Å². The molecule has 2 rings (SSSR count). The quantitative estimate of drug-likeness (QED) is 0.862. The first-order valence-electron chi connectivity index (χ1n) is 6.20. The van der Waals surface area contributed by atoms with Crippen LogP contribution in [0.15, 0.2) is 23.1 Å². The van der Waals surface area contributed by atoms with Crippen molar-refractivity contribution in [2.75, 3.05) is 13.1 Å². The van der Waals surface area contributed by atoms with Gasteiger partial charge in [-0.1, -0.05) is 6.07 Å². The van der Waals surface area contributed by atoms with Crippen LogP contribution in [0.1, 0.15) is 29.3 Å². The Hall–Kier alpha value is -1.44. The first-order chi connectivity index (χ1) is 9.13. The van der Waals surface area contributed by atoms with Gasteiger partial charge in [-0.05, 0) is 38.0 Å². The fourth-order valence-corrected chi connectivity index (χ4v) is 4.07. The van der Waals surface area contributed by atoms with E-state index < -0.39 is 21.6 Å². The lowest BCUT2D eigenvalue weighted by Crippen LogP contribution is -2.34. The van der Waals surface area contributed by atoms with Crippen molar-refractivity contribution in [2.45, 2.75) is 30.8 Å². The van der Waals surface area contributed by atoms with Crippen molar-refractivity contribution in [1.82, 2.24) is 4.31 Å². The summed E-state index contributed by atoms with van der Waals surface area (Å²) in [6.45, 7) is 3.45. The molecule has 1 aliphatic rings. The van der Waals surface area contributed by atoms with Crippen LogP contribution in [-0.2, 0) is 10.0 Å². The third-order valence-corrected chi connectivity index (χ3v) is 5.46. The normalized spacial score (nSPS) is 23.9. The second-order valence-corrected chi connectivity index (χ2v) is 7.28. The Morgan fingerprint density at radius 1 is 1.40 bits per heavy atom. The highest BCUT2D eigenvalue weighted by Gasteiger charge is 2.39. The van der Waals surface area contributed by atoms with Crippen molar-refractivity contribution >= 4 is 16.0 Å². The van der Waals surface area contributed by atoms with Gasteiger partial charge in [0.15, 0.2) is 0 Å². The van der Waals surface area contributed by atoms with Gasteiger partial charge in [0.05, 0.1) is 16.1 Å². The molecule has 0 saturated carbocycles. The van der Waals surface area contributed by atoms with E-state index in [0.717, 1.165) is 0 Å². The van der Waals surface area contributed by atoms with Crippen LogP contribution in [0.4, 0.5) is 0 Å². The molecule has 20 heavy (non-hydrogen) atoms. The monoisotopic (exact) mass is 299 g/mol. The standard InChI is InChI=1S/C13H17NO5S/c1-9-3-4-10(12(15)16)7-11(9)20(18,19)14-6-5-13(2,17)8-14/h3-4,7,17H,5-6,8H2,1-2H3,(H,15,16). The van der Waals surface area contributed by atoms with Gasteiger partial charge in [-0.25, -0.2) is 13.2 Å². The number of hydrogen-bond donors (Lipinski definition) is 2. The van der Waals surface area contributed by atoms with E-state index in [1.165, 1.54) is 22.5 Å². The third-order valence-electron chi connectivity index (χ3n) is 3.47. The Balaban J connectivity index is 2.45. The van der Waals surface area contributed by atoms with Crippen molar-refractivity contribution in [1.29, 1.82) is 0 Å². The number of carboxylic acid groups (broad SMARTS) is 1. The van der Waals surface area contributed by atoms with Crippen molar-refractivity contribution in [2.24, 2.45) is 0 Å². The van der Waals surface area contributed by atoms with E-state index in [2.05, 4.69) is 0 Å². The number of sulfonamides is 1. The van der Waals surface area contributed by atoms with Gasteiger partial charge in [-0.3, -0.25) is 0 Å². The molecule has 0 spiro atoms. The molecule has 7 heteroatoms. The first kappa shape index (κ1) is 15.0. The average Bonchev–Trinajstić information content (AvgIpc) is 2.70. The first-order valence-corrected chi connectivity index (χ1v) is 7.64. The van der Waals surface area contributed by atoms with Crippen LogP contribution in [0.25, 0.3) is 0 Å². The molecule has 1 aliphatic heterocycles. The lowest BCUT2D eigenvalue weighted by Gasteiger charge is -2.20. The highest BCUT2D eigenvalue weighted by Crippen LogP contribution is 2.28. The maximum absolute atomic E-state index is 12.5. The van der Waals surface area contributed by atoms with Gasteiger partial charge in [-0.15, -0.1) is 0 Å². The van der Waals surface area contributed by atoms with Crippen LogP contribution in [0, 0.1) is 6.92 Å². The van der Waals surface area contributed by atoms with E-state index in [1.807, 2.05) is 0 Å². The minimum absolute atomic E-state index is 0.0184. The van der Waals surface area contributed by atoms with Crippen LogP contribution in [0.2, 0.25) is 0 Å². The summed E-state index contributed by atoms with van der Waals surface area (Å²) in [7, 11) is -3.79. The van der Waals surface area contributed by atoms with E-state index in [9.17, 15) is 18.3 Å². The van der Waals surface area contributed by atoms with E-state index in [0.29, 0.717) is 12.0 Å². The van der Waals surface area contributed by atoms with E-state index in [-0.39, 0.29) is 23.5 Å². The molecule has 1 atom stereocenters. The molecular formula is C13H17NO5S. The van der Waals surface area contributed by atoms with Gasteiger partial charge in [0.2, 0.25) is 10.0 Å². The number of rotatable bonds is 3. The van der Waals surface area contributed by atoms with Crippen molar-refractivity contribution in [3.63, 3.8) is 0 Å². The molecule has 0 aromatic heterocycles. The largest absolute Gasteiger partial charge is 0.478 e. The molecule has 6 nitrogen and oxygen atoms in total. The highest BCUT2D eigenvalue weighted by atomic mass is 32.2. The fourth-order valence-electron chi connectivity index (χ4n) is 2.26. The van der Waals surface area contributed by atoms with Gasteiger partial charge in [0.1, 0.15) is 0 Å². The van der Waals surface area contributed by atoms with Gasteiger partial charge in [0, 0.05) is 13.1 Å². The Labute approximate surface area is 117 Å². The summed E-state index contributed by atoms with van der Waals surface area (Å²) in [5.74, 6) is -1.17. The molecule has 0 aliphatic carbocycles. The molecule has 0 amide bonds. The Kier molecular flexibility index (Phi) is 3.62. The second-order valence-electron chi connectivity index (χ2n) is 5.37. The molecule has 1 heterocycles. The molecule has 0 bridgehead atoms. The summed E-state index contributed by atoms with van der Waals surface area (Å²) in [5, 5.41) is 18.9. The summed E-state index contributed by atoms with van der Waals surface area (Å²) in [4.78, 5) is 10.9. The summed E-state index contributed by atoms with van der Waals surface area (Å²) >= 11 is 0. The molecule has 0 radical (unpaired) electrons. The minimum atomic E-state index is -3.79. The maximum atomic E-state index is 12.5. The number of β-amino-alcohol motifs (C(OH)–C–C–N with tert-alkyl or cyclic N) is 1. The smallest absolute Gasteiger partial charge is 0.335 e. The van der Waals surface area contributed by atoms with E-state index in [4.69, 9.17) is 5.11 Å². The van der Waals surface area contributed by atoms with Crippen LogP contribution in [0.3, 0.4) is 0 Å². The van der Waals surface area contributed by atoms with Crippen LogP contribution >= 0.6 is 0 Å². The Morgan fingerprint density at radius 2 is 2.05 bits per heavy atom. The topological polar surface area (TPSA) is 94.9 Å². The predicted molar refractivity (Wildman–Crippen MR) is 72.1 cm³/mol. The van der Waals surface area contributed by atoms with Gasteiger partial charge < -0.3 is 10.2 Å². The van der Waals surface area contributed by atoms with Crippen molar-refractivity contribution < 1.29 is 23.4 Å². The number of aryl methyl sites for hydroxylation is 1. The zero-order valence-electron chi connectivity index (χ0n) is 11.3. The number of benzene rings is 1. The zero-order chi connectivity index (χ0) is 15.1. The second kappa shape index (κ2) is 4.83. The van der Waals surface area contributed by atoms with Crippen molar-refractivity contribution in [3.05, 3.63) is 29.3 Å². The Bertz CT molecular complexity index is 651. The van der Waals surface area contributed by atoms with Crippen LogP contribution in [0.5, 0.6) is 0 Å². The lowest BCUT2D eigenvalue weighted by atomic mass is 10.1. The third kappa shape index (κ3) is 2.70. The highest BCUT2D eigenvalue weighted by molar-refractivity contribution is 7.89. The zero-order valence-corrected chi connectivity index (χ0v) is 12.1. The number of aliphatic hydroxyl groups is 1. The maximum Gasteiger partial charge on any atom is 0.335 e. The number of carboxylic acids is 1. The molecule has 1 aromatic carbocycles. The van der Waals surface area contributed by atoms with Crippen LogP contribution < -0.4 is 0 Å². The van der Waals surface area contributed by atoms with E-state index >= 15 is 0 Å². The van der Waals surface area contributed by atoms with Gasteiger partial charge in [-0.2, -0.15) is 4.31 Å². The molecular weight excluding hydrogens is 282 g/mol. The molecule has 110 valence electrons. The molecule has 2 N–H and O–H groups in total.